The molecule has 2 heterocycles. The van der Waals surface area contributed by atoms with E-state index in [0.29, 0.717) is 17.4 Å². The molecule has 6 nitrogen and oxygen atoms in total. The van der Waals surface area contributed by atoms with Gasteiger partial charge in [-0.2, -0.15) is 0 Å². The fraction of sp³-hybridized carbons (Fsp3) is 0.240. The topological polar surface area (TPSA) is 103 Å². The van der Waals surface area contributed by atoms with Crippen molar-refractivity contribution in [1.82, 2.24) is 4.98 Å². The first-order chi connectivity index (χ1) is 15.3. The molecule has 4 rings (SSSR count). The number of furan rings is 1. The lowest BCUT2D eigenvalue weighted by Gasteiger charge is -2.02. The van der Waals surface area contributed by atoms with Gasteiger partial charge in [-0.15, -0.1) is 11.3 Å². The van der Waals surface area contributed by atoms with Crippen LogP contribution < -0.4 is 11.5 Å². The van der Waals surface area contributed by atoms with Crippen molar-refractivity contribution >= 4 is 33.2 Å². The maximum absolute atomic E-state index is 6.13. The molecule has 0 amide bonds. The Morgan fingerprint density at radius 1 is 0.844 bits per heavy atom. The van der Waals surface area contributed by atoms with Crippen LogP contribution in [0.4, 0.5) is 0 Å². The second-order valence-electron chi connectivity index (χ2n) is 8.16. The molecule has 0 spiro atoms. The van der Waals surface area contributed by atoms with E-state index in [-0.39, 0.29) is 12.1 Å². The van der Waals surface area contributed by atoms with Crippen LogP contribution in [-0.4, -0.2) is 28.7 Å². The van der Waals surface area contributed by atoms with E-state index in [1.54, 1.807) is 11.3 Å². The Morgan fingerprint density at radius 2 is 1.50 bits per heavy atom. The minimum atomic E-state index is 0.117. The summed E-state index contributed by atoms with van der Waals surface area (Å²) in [7, 11) is 0. The molecule has 2 aromatic heterocycles. The molecule has 7 heteroatoms. The van der Waals surface area contributed by atoms with Crippen molar-refractivity contribution in [1.29, 1.82) is 0 Å². The van der Waals surface area contributed by atoms with Gasteiger partial charge in [-0.1, -0.05) is 24.3 Å². The van der Waals surface area contributed by atoms with E-state index in [0.717, 1.165) is 37.7 Å². The van der Waals surface area contributed by atoms with Gasteiger partial charge in [0.05, 0.1) is 10.2 Å². The lowest BCUT2D eigenvalue weighted by Crippen LogP contribution is -2.15. The van der Waals surface area contributed by atoms with Gasteiger partial charge in [0, 0.05) is 28.8 Å². The van der Waals surface area contributed by atoms with Crippen molar-refractivity contribution in [3.63, 3.8) is 0 Å². The zero-order chi connectivity index (χ0) is 22.8. The number of benzene rings is 2. The quantitative estimate of drug-likeness (QED) is 0.304. The Labute approximate surface area is 191 Å². The molecule has 4 aromatic rings. The molecule has 0 saturated carbocycles. The third kappa shape index (κ3) is 4.73. The third-order valence-corrected chi connectivity index (χ3v) is 5.82. The number of nitrogens with two attached hydrogens (primary N) is 2. The fourth-order valence-electron chi connectivity index (χ4n) is 3.31. The van der Waals surface area contributed by atoms with Gasteiger partial charge in [0.1, 0.15) is 16.6 Å². The van der Waals surface area contributed by atoms with Crippen LogP contribution in [-0.2, 0) is 0 Å². The fourth-order valence-corrected chi connectivity index (χ4v) is 4.32. The van der Waals surface area contributed by atoms with Crippen LogP contribution >= 0.6 is 11.3 Å². The Hall–Kier alpha value is -3.45. The molecular weight excluding hydrogens is 418 g/mol. The van der Waals surface area contributed by atoms with Crippen LogP contribution in [0.25, 0.3) is 32.1 Å². The van der Waals surface area contributed by atoms with E-state index < -0.39 is 0 Å². The summed E-state index contributed by atoms with van der Waals surface area (Å²) in [6.45, 7) is 7.98. The Bertz CT molecular complexity index is 1300. The zero-order valence-electron chi connectivity index (χ0n) is 18.7. The number of hydrogen-bond acceptors (Lipinski definition) is 5. The van der Waals surface area contributed by atoms with Crippen molar-refractivity contribution < 1.29 is 4.42 Å². The molecule has 0 fully saturated rings. The second-order valence-corrected chi connectivity index (χ2v) is 9.19. The van der Waals surface area contributed by atoms with Crippen molar-refractivity contribution in [3.05, 3.63) is 65.9 Å². The third-order valence-electron chi connectivity index (χ3n) is 4.75. The first kappa shape index (κ1) is 21.8. The minimum absolute atomic E-state index is 0.117. The number of amidine groups is 2. The Morgan fingerprint density at radius 3 is 2.19 bits per heavy atom. The molecule has 0 radical (unpaired) electrons. The highest BCUT2D eigenvalue weighted by Gasteiger charge is 2.11. The molecule has 4 N–H and O–H groups in total. The SMILES string of the molecule is CC(C)N=C(N)c1ccc2nc(-c3ccc(-c4ccc(C(N)=NC(C)C)o4)cc3)sc2c1. The molecule has 0 aliphatic rings. The highest BCUT2D eigenvalue weighted by Crippen LogP contribution is 2.32. The summed E-state index contributed by atoms with van der Waals surface area (Å²) < 4.78 is 6.98. The van der Waals surface area contributed by atoms with Crippen LogP contribution in [0.5, 0.6) is 0 Å². The highest BCUT2D eigenvalue weighted by atomic mass is 32.1. The predicted octanol–water partition coefficient (Wildman–Crippen LogP) is 5.45. The number of rotatable bonds is 6. The van der Waals surface area contributed by atoms with E-state index in [4.69, 9.17) is 20.9 Å². The standard InChI is InChI=1S/C25H27N5OS/c1-14(2)28-23(26)18-9-10-19-22(13-18)32-25(30-19)17-7-5-16(6-8-17)20-11-12-21(31-20)24(27)29-15(3)4/h5-15H,1-4H3,(H2,26,28)(H2,27,29). The monoisotopic (exact) mass is 445 g/mol. The lowest BCUT2D eigenvalue weighted by atomic mass is 10.1. The summed E-state index contributed by atoms with van der Waals surface area (Å²) in [6.07, 6.45) is 0. The van der Waals surface area contributed by atoms with Gasteiger partial charge in [0.25, 0.3) is 0 Å². The molecular formula is C25H27N5OS. The number of aliphatic imine (C=N–C) groups is 2. The Kier molecular flexibility index (Phi) is 6.10. The van der Waals surface area contributed by atoms with Gasteiger partial charge in [-0.05, 0) is 58.0 Å². The normalized spacial score (nSPS) is 12.9. The lowest BCUT2D eigenvalue weighted by molar-refractivity contribution is 0.570. The molecule has 0 aliphatic heterocycles. The first-order valence-electron chi connectivity index (χ1n) is 10.6. The van der Waals surface area contributed by atoms with E-state index in [2.05, 4.69) is 28.2 Å². The molecule has 0 bridgehead atoms. The number of nitrogens with zero attached hydrogens (tertiary/aromatic N) is 3. The average Bonchev–Trinajstić information content (AvgIpc) is 3.40. The van der Waals surface area contributed by atoms with Crippen LogP contribution in [0.3, 0.4) is 0 Å². The smallest absolute Gasteiger partial charge is 0.169 e. The molecule has 0 atom stereocenters. The van der Waals surface area contributed by atoms with E-state index >= 15 is 0 Å². The van der Waals surface area contributed by atoms with Crippen LogP contribution in [0.2, 0.25) is 0 Å². The second kappa shape index (κ2) is 8.96. The molecule has 164 valence electrons. The summed E-state index contributed by atoms with van der Waals surface area (Å²) in [5, 5.41) is 0.955. The van der Waals surface area contributed by atoms with Gasteiger partial charge in [0.2, 0.25) is 0 Å². The highest BCUT2D eigenvalue weighted by molar-refractivity contribution is 7.21. The largest absolute Gasteiger partial charge is 0.453 e. The van der Waals surface area contributed by atoms with Crippen LogP contribution in [0.15, 0.2) is 69.0 Å². The van der Waals surface area contributed by atoms with Gasteiger partial charge < -0.3 is 15.9 Å². The molecule has 2 aromatic carbocycles. The summed E-state index contributed by atoms with van der Waals surface area (Å²) in [6, 6.07) is 18.2. The average molecular weight is 446 g/mol. The number of fused-ring (bicyclic) bond motifs is 1. The number of aromatic nitrogens is 1. The maximum atomic E-state index is 6.13. The molecule has 0 aliphatic carbocycles. The van der Waals surface area contributed by atoms with Gasteiger partial charge in [-0.25, -0.2) is 4.98 Å². The summed E-state index contributed by atoms with van der Waals surface area (Å²) >= 11 is 1.64. The summed E-state index contributed by atoms with van der Waals surface area (Å²) in [4.78, 5) is 13.6. The maximum Gasteiger partial charge on any atom is 0.169 e. The summed E-state index contributed by atoms with van der Waals surface area (Å²) in [5.41, 5.74) is 16.0. The van der Waals surface area contributed by atoms with E-state index in [1.165, 1.54) is 0 Å². The minimum Gasteiger partial charge on any atom is -0.453 e. The molecule has 0 unspecified atom stereocenters. The predicted molar refractivity (Wildman–Crippen MR) is 134 cm³/mol. The van der Waals surface area contributed by atoms with E-state index in [1.807, 2.05) is 64.1 Å². The van der Waals surface area contributed by atoms with Crippen LogP contribution in [0, 0.1) is 0 Å². The Balaban J connectivity index is 1.58. The van der Waals surface area contributed by atoms with Gasteiger partial charge >= 0.3 is 0 Å². The number of hydrogen-bond donors (Lipinski definition) is 2. The van der Waals surface area contributed by atoms with Crippen molar-refractivity contribution in [2.75, 3.05) is 0 Å². The molecule has 0 saturated heterocycles. The first-order valence-corrected chi connectivity index (χ1v) is 11.4. The van der Waals surface area contributed by atoms with Crippen molar-refractivity contribution in [2.24, 2.45) is 21.5 Å². The van der Waals surface area contributed by atoms with Crippen molar-refractivity contribution in [2.45, 2.75) is 39.8 Å². The van der Waals surface area contributed by atoms with Crippen molar-refractivity contribution in [3.8, 4) is 21.9 Å². The number of thiazole rings is 1. The zero-order valence-corrected chi connectivity index (χ0v) is 19.5. The van der Waals surface area contributed by atoms with E-state index in [9.17, 15) is 0 Å². The van der Waals surface area contributed by atoms with Crippen LogP contribution in [0.1, 0.15) is 39.0 Å². The van der Waals surface area contributed by atoms with Gasteiger partial charge in [0.15, 0.2) is 11.6 Å². The molecule has 32 heavy (non-hydrogen) atoms. The summed E-state index contributed by atoms with van der Waals surface area (Å²) in [5.74, 6) is 2.30. The van der Waals surface area contributed by atoms with Gasteiger partial charge in [-0.3, -0.25) is 9.98 Å².